The van der Waals surface area contributed by atoms with Crippen LogP contribution in [0.25, 0.3) is 0 Å². The van der Waals surface area contributed by atoms with E-state index in [1.165, 1.54) is 0 Å². The number of hydrogen-bond acceptors (Lipinski definition) is 5. The van der Waals surface area contributed by atoms with E-state index < -0.39 is 0 Å². The van der Waals surface area contributed by atoms with Gasteiger partial charge in [-0.15, -0.1) is 0 Å². The molecule has 0 bridgehead atoms. The van der Waals surface area contributed by atoms with Crippen molar-refractivity contribution in [3.63, 3.8) is 0 Å². The summed E-state index contributed by atoms with van der Waals surface area (Å²) in [6, 6.07) is 5.05. The molecule has 0 spiro atoms. The van der Waals surface area contributed by atoms with Crippen LogP contribution in [0.2, 0.25) is 0 Å². The zero-order valence-corrected chi connectivity index (χ0v) is 12.1. The second-order valence-electron chi connectivity index (χ2n) is 4.57. The van der Waals surface area contributed by atoms with E-state index in [-0.39, 0.29) is 12.1 Å². The van der Waals surface area contributed by atoms with Crippen LogP contribution in [0.3, 0.4) is 0 Å². The van der Waals surface area contributed by atoms with Crippen molar-refractivity contribution in [2.24, 2.45) is 0 Å². The Morgan fingerprint density at radius 2 is 2.05 bits per heavy atom. The van der Waals surface area contributed by atoms with Crippen molar-refractivity contribution in [3.8, 4) is 0 Å². The fourth-order valence-electron chi connectivity index (χ4n) is 1.75. The van der Waals surface area contributed by atoms with Gasteiger partial charge in [-0.2, -0.15) is 0 Å². The number of carbonyl (C=O) groups excluding carboxylic acids is 1. The number of aromatic nitrogens is 2. The molecule has 0 aromatic carbocycles. The van der Waals surface area contributed by atoms with E-state index in [0.717, 1.165) is 11.5 Å². The van der Waals surface area contributed by atoms with Crippen LogP contribution in [0.15, 0.2) is 35.0 Å². The van der Waals surface area contributed by atoms with Gasteiger partial charge in [-0.1, -0.05) is 0 Å². The SMILES string of the molecule is Cc1ccc([C@@H](C)NC(=O)NCCNc2ncccn2)o1. The van der Waals surface area contributed by atoms with Crippen molar-refractivity contribution >= 4 is 12.0 Å². The van der Waals surface area contributed by atoms with Gasteiger partial charge in [-0.3, -0.25) is 0 Å². The van der Waals surface area contributed by atoms with Gasteiger partial charge in [0.05, 0.1) is 6.04 Å². The normalized spacial score (nSPS) is 11.7. The molecule has 0 aliphatic carbocycles. The first-order valence-corrected chi connectivity index (χ1v) is 6.77. The summed E-state index contributed by atoms with van der Waals surface area (Å²) in [6.07, 6.45) is 3.31. The molecular formula is C14H19N5O2. The zero-order valence-electron chi connectivity index (χ0n) is 12.1. The molecule has 21 heavy (non-hydrogen) atoms. The van der Waals surface area contributed by atoms with E-state index in [4.69, 9.17) is 4.42 Å². The summed E-state index contributed by atoms with van der Waals surface area (Å²) >= 11 is 0. The number of hydrogen-bond donors (Lipinski definition) is 3. The monoisotopic (exact) mass is 289 g/mol. The standard InChI is InChI=1S/C14H19N5O2/c1-10-4-5-12(21-10)11(2)19-14(20)18-9-8-17-13-15-6-3-7-16-13/h3-7,11H,8-9H2,1-2H3,(H,15,16,17)(H2,18,19,20)/t11-/m1/s1. The van der Waals surface area contributed by atoms with Crippen LogP contribution in [0.1, 0.15) is 24.5 Å². The van der Waals surface area contributed by atoms with E-state index in [2.05, 4.69) is 25.9 Å². The lowest BCUT2D eigenvalue weighted by Crippen LogP contribution is -2.39. The summed E-state index contributed by atoms with van der Waals surface area (Å²) in [5, 5.41) is 8.56. The third kappa shape index (κ3) is 4.79. The van der Waals surface area contributed by atoms with Crippen molar-refractivity contribution < 1.29 is 9.21 Å². The number of carbonyl (C=O) groups is 1. The molecule has 0 fully saturated rings. The van der Waals surface area contributed by atoms with E-state index in [9.17, 15) is 4.79 Å². The fourth-order valence-corrected chi connectivity index (χ4v) is 1.75. The Bertz CT molecular complexity index is 570. The molecule has 2 aromatic rings. The van der Waals surface area contributed by atoms with Gasteiger partial charge in [-0.05, 0) is 32.0 Å². The Balaban J connectivity index is 1.65. The van der Waals surface area contributed by atoms with Gasteiger partial charge in [0.25, 0.3) is 0 Å². The van der Waals surface area contributed by atoms with E-state index in [1.807, 2.05) is 26.0 Å². The van der Waals surface area contributed by atoms with Crippen molar-refractivity contribution in [2.75, 3.05) is 18.4 Å². The van der Waals surface area contributed by atoms with Crippen LogP contribution >= 0.6 is 0 Å². The number of aryl methyl sites for hydroxylation is 1. The quantitative estimate of drug-likeness (QED) is 0.706. The Labute approximate surface area is 123 Å². The minimum Gasteiger partial charge on any atom is -0.464 e. The molecule has 2 aromatic heterocycles. The maximum Gasteiger partial charge on any atom is 0.315 e. The summed E-state index contributed by atoms with van der Waals surface area (Å²) in [6.45, 7) is 4.75. The fraction of sp³-hybridized carbons (Fsp3) is 0.357. The van der Waals surface area contributed by atoms with Gasteiger partial charge >= 0.3 is 6.03 Å². The first-order valence-electron chi connectivity index (χ1n) is 6.77. The molecule has 0 aliphatic rings. The van der Waals surface area contributed by atoms with Crippen LogP contribution in [0, 0.1) is 6.92 Å². The first-order chi connectivity index (χ1) is 10.1. The molecule has 0 aliphatic heterocycles. The van der Waals surface area contributed by atoms with Crippen LogP contribution in [-0.4, -0.2) is 29.1 Å². The average molecular weight is 289 g/mol. The third-order valence-corrected chi connectivity index (χ3v) is 2.79. The Hall–Kier alpha value is -2.57. The molecular weight excluding hydrogens is 270 g/mol. The molecule has 0 radical (unpaired) electrons. The molecule has 7 nitrogen and oxygen atoms in total. The smallest absolute Gasteiger partial charge is 0.315 e. The van der Waals surface area contributed by atoms with E-state index in [0.29, 0.717) is 19.0 Å². The zero-order chi connectivity index (χ0) is 15.1. The van der Waals surface area contributed by atoms with Crippen molar-refractivity contribution in [1.82, 2.24) is 20.6 Å². The molecule has 0 saturated carbocycles. The molecule has 0 saturated heterocycles. The number of furan rings is 1. The number of nitrogens with zero attached hydrogens (tertiary/aromatic N) is 2. The lowest BCUT2D eigenvalue weighted by molar-refractivity contribution is 0.236. The number of rotatable bonds is 6. The van der Waals surface area contributed by atoms with E-state index in [1.54, 1.807) is 18.5 Å². The number of urea groups is 1. The molecule has 112 valence electrons. The minimum atomic E-state index is -0.243. The van der Waals surface area contributed by atoms with Crippen molar-refractivity contribution in [2.45, 2.75) is 19.9 Å². The first kappa shape index (κ1) is 14.8. The van der Waals surface area contributed by atoms with Crippen LogP contribution < -0.4 is 16.0 Å². The maximum atomic E-state index is 11.7. The summed E-state index contributed by atoms with van der Waals surface area (Å²) in [7, 11) is 0. The molecule has 1 atom stereocenters. The van der Waals surface area contributed by atoms with Gasteiger partial charge < -0.3 is 20.4 Å². The Kier molecular flexibility index (Phi) is 5.14. The summed E-state index contributed by atoms with van der Waals surface area (Å²) in [5.41, 5.74) is 0. The molecule has 7 heteroatoms. The van der Waals surface area contributed by atoms with Crippen LogP contribution in [0.4, 0.5) is 10.7 Å². The highest BCUT2D eigenvalue weighted by Crippen LogP contribution is 2.14. The molecule has 2 rings (SSSR count). The third-order valence-electron chi connectivity index (χ3n) is 2.79. The molecule has 3 N–H and O–H groups in total. The van der Waals surface area contributed by atoms with E-state index >= 15 is 0 Å². The van der Waals surface area contributed by atoms with Gasteiger partial charge in [0, 0.05) is 25.5 Å². The summed E-state index contributed by atoms with van der Waals surface area (Å²) < 4.78 is 5.46. The van der Waals surface area contributed by atoms with Gasteiger partial charge in [0.1, 0.15) is 11.5 Å². The number of nitrogens with one attached hydrogen (secondary N) is 3. The summed E-state index contributed by atoms with van der Waals surface area (Å²) in [5.74, 6) is 2.10. The Morgan fingerprint density at radius 1 is 1.29 bits per heavy atom. The van der Waals surface area contributed by atoms with Crippen LogP contribution in [0.5, 0.6) is 0 Å². The second kappa shape index (κ2) is 7.28. The highest BCUT2D eigenvalue weighted by atomic mass is 16.3. The van der Waals surface area contributed by atoms with Crippen molar-refractivity contribution in [3.05, 3.63) is 42.1 Å². The lowest BCUT2D eigenvalue weighted by atomic mass is 10.2. The maximum absolute atomic E-state index is 11.7. The summed E-state index contributed by atoms with van der Waals surface area (Å²) in [4.78, 5) is 19.8. The van der Waals surface area contributed by atoms with Crippen molar-refractivity contribution in [1.29, 1.82) is 0 Å². The Morgan fingerprint density at radius 3 is 2.71 bits per heavy atom. The average Bonchev–Trinajstić information content (AvgIpc) is 2.91. The highest BCUT2D eigenvalue weighted by Gasteiger charge is 2.11. The lowest BCUT2D eigenvalue weighted by Gasteiger charge is -2.12. The molecule has 2 amide bonds. The number of amides is 2. The van der Waals surface area contributed by atoms with Gasteiger partial charge in [-0.25, -0.2) is 14.8 Å². The highest BCUT2D eigenvalue weighted by molar-refractivity contribution is 5.74. The predicted molar refractivity (Wildman–Crippen MR) is 78.9 cm³/mol. The topological polar surface area (TPSA) is 92.1 Å². The predicted octanol–water partition coefficient (Wildman–Crippen LogP) is 1.85. The van der Waals surface area contributed by atoms with Crippen LogP contribution in [-0.2, 0) is 0 Å². The largest absolute Gasteiger partial charge is 0.464 e. The van der Waals surface area contributed by atoms with Gasteiger partial charge in [0.15, 0.2) is 0 Å². The second-order valence-corrected chi connectivity index (χ2v) is 4.57. The number of anilines is 1. The minimum absolute atomic E-state index is 0.177. The molecule has 0 unspecified atom stereocenters. The molecule has 2 heterocycles. The van der Waals surface area contributed by atoms with Gasteiger partial charge in [0.2, 0.25) is 5.95 Å².